The van der Waals surface area contributed by atoms with Gasteiger partial charge in [-0.2, -0.15) is 10.2 Å². The number of aromatic nitrogens is 4. The van der Waals surface area contributed by atoms with E-state index in [1.54, 1.807) is 10.9 Å². The molecule has 2 aromatic rings. The normalized spacial score (nSPS) is 20.9. The number of carbonyl (C=O) groups is 2. The standard InChI is InChI=1S/C16H22N6O2/c1-10(9-22-5-3-4-17-22)16(24)19-15-8-14(20-21-15)12-6-13(7-12)18-11(2)23/h3-5,8,10,12-13H,6-7,9H2,1-2H3,(H,18,23)(H2,19,20,21,24)/t10-,12?,13?/m0/s1. The molecule has 0 aliphatic heterocycles. The average Bonchev–Trinajstić information content (AvgIpc) is 3.14. The molecule has 0 spiro atoms. The quantitative estimate of drug-likeness (QED) is 0.741. The van der Waals surface area contributed by atoms with Crippen LogP contribution < -0.4 is 10.6 Å². The highest BCUT2D eigenvalue weighted by molar-refractivity contribution is 5.91. The maximum atomic E-state index is 12.2. The van der Waals surface area contributed by atoms with Crippen LogP contribution in [-0.4, -0.2) is 37.8 Å². The average molecular weight is 330 g/mol. The molecule has 1 atom stereocenters. The van der Waals surface area contributed by atoms with Crippen LogP contribution in [0.5, 0.6) is 0 Å². The van der Waals surface area contributed by atoms with Gasteiger partial charge in [0.2, 0.25) is 11.8 Å². The van der Waals surface area contributed by atoms with Crippen LogP contribution in [-0.2, 0) is 16.1 Å². The van der Waals surface area contributed by atoms with Crippen molar-refractivity contribution in [1.82, 2.24) is 25.3 Å². The lowest BCUT2D eigenvalue weighted by Gasteiger charge is -2.34. The van der Waals surface area contributed by atoms with Gasteiger partial charge < -0.3 is 10.6 Å². The van der Waals surface area contributed by atoms with Gasteiger partial charge in [-0.25, -0.2) is 0 Å². The first kappa shape index (κ1) is 16.2. The Kier molecular flexibility index (Phi) is 4.64. The van der Waals surface area contributed by atoms with Crippen molar-refractivity contribution in [2.75, 3.05) is 5.32 Å². The number of amides is 2. The van der Waals surface area contributed by atoms with E-state index in [1.165, 1.54) is 6.92 Å². The highest BCUT2D eigenvalue weighted by Gasteiger charge is 2.32. The van der Waals surface area contributed by atoms with Crippen LogP contribution in [0.3, 0.4) is 0 Å². The predicted molar refractivity (Wildman–Crippen MR) is 88.2 cm³/mol. The minimum Gasteiger partial charge on any atom is -0.354 e. The maximum absolute atomic E-state index is 12.2. The fourth-order valence-corrected chi connectivity index (χ4v) is 2.90. The Hall–Kier alpha value is -2.64. The van der Waals surface area contributed by atoms with Gasteiger partial charge in [0.15, 0.2) is 0 Å². The molecule has 3 N–H and O–H groups in total. The van der Waals surface area contributed by atoms with E-state index in [9.17, 15) is 9.59 Å². The number of rotatable bonds is 6. The van der Waals surface area contributed by atoms with Crippen molar-refractivity contribution in [3.05, 3.63) is 30.2 Å². The second-order valence-electron chi connectivity index (χ2n) is 6.39. The van der Waals surface area contributed by atoms with Crippen molar-refractivity contribution in [3.8, 4) is 0 Å². The molecule has 1 aliphatic rings. The number of aromatic amines is 1. The van der Waals surface area contributed by atoms with Crippen molar-refractivity contribution in [2.24, 2.45) is 5.92 Å². The van der Waals surface area contributed by atoms with E-state index in [1.807, 2.05) is 25.3 Å². The third-order valence-corrected chi connectivity index (χ3v) is 4.29. The van der Waals surface area contributed by atoms with Gasteiger partial charge in [0, 0.05) is 37.3 Å². The van der Waals surface area contributed by atoms with Gasteiger partial charge in [-0.05, 0) is 18.9 Å². The van der Waals surface area contributed by atoms with E-state index >= 15 is 0 Å². The smallest absolute Gasteiger partial charge is 0.230 e. The van der Waals surface area contributed by atoms with Crippen LogP contribution in [0.15, 0.2) is 24.5 Å². The summed E-state index contributed by atoms with van der Waals surface area (Å²) in [5.41, 5.74) is 0.923. The molecule has 0 saturated heterocycles. The lowest BCUT2D eigenvalue weighted by Crippen LogP contribution is -2.42. The molecule has 8 heteroatoms. The summed E-state index contributed by atoms with van der Waals surface area (Å²) in [4.78, 5) is 23.2. The predicted octanol–water partition coefficient (Wildman–Crippen LogP) is 1.26. The Morgan fingerprint density at radius 2 is 2.25 bits per heavy atom. The van der Waals surface area contributed by atoms with Crippen LogP contribution in [0, 0.1) is 5.92 Å². The van der Waals surface area contributed by atoms with Crippen LogP contribution >= 0.6 is 0 Å². The highest BCUT2D eigenvalue weighted by atomic mass is 16.2. The van der Waals surface area contributed by atoms with Gasteiger partial charge in [0.1, 0.15) is 5.82 Å². The van der Waals surface area contributed by atoms with Gasteiger partial charge in [0.25, 0.3) is 0 Å². The van der Waals surface area contributed by atoms with E-state index in [0.717, 1.165) is 18.5 Å². The fraction of sp³-hybridized carbons (Fsp3) is 0.500. The molecule has 24 heavy (non-hydrogen) atoms. The van der Waals surface area contributed by atoms with Gasteiger partial charge in [0.05, 0.1) is 18.2 Å². The van der Waals surface area contributed by atoms with Gasteiger partial charge in [-0.15, -0.1) is 0 Å². The number of anilines is 1. The monoisotopic (exact) mass is 330 g/mol. The van der Waals surface area contributed by atoms with Crippen molar-refractivity contribution in [1.29, 1.82) is 0 Å². The molecule has 3 rings (SSSR count). The highest BCUT2D eigenvalue weighted by Crippen LogP contribution is 2.36. The number of nitrogens with zero attached hydrogens (tertiary/aromatic N) is 3. The summed E-state index contributed by atoms with van der Waals surface area (Å²) in [6.45, 7) is 3.92. The lowest BCUT2D eigenvalue weighted by atomic mass is 9.78. The minimum absolute atomic E-state index is 0.000371. The summed E-state index contributed by atoms with van der Waals surface area (Å²) < 4.78 is 1.74. The summed E-state index contributed by atoms with van der Waals surface area (Å²) in [5, 5.41) is 17.0. The molecule has 2 amide bonds. The summed E-state index contributed by atoms with van der Waals surface area (Å²) in [6, 6.07) is 3.93. The van der Waals surface area contributed by atoms with Crippen molar-refractivity contribution in [2.45, 2.75) is 45.2 Å². The summed E-state index contributed by atoms with van der Waals surface area (Å²) >= 11 is 0. The van der Waals surface area contributed by atoms with E-state index in [2.05, 4.69) is 25.9 Å². The molecule has 0 aromatic carbocycles. The first-order valence-corrected chi connectivity index (χ1v) is 8.12. The second kappa shape index (κ2) is 6.86. The molecule has 1 aliphatic carbocycles. The molecule has 1 saturated carbocycles. The lowest BCUT2D eigenvalue weighted by molar-refractivity contribution is -0.120. The zero-order valence-corrected chi connectivity index (χ0v) is 13.8. The third-order valence-electron chi connectivity index (χ3n) is 4.29. The molecular weight excluding hydrogens is 308 g/mol. The molecule has 0 radical (unpaired) electrons. The molecule has 128 valence electrons. The number of carbonyl (C=O) groups excluding carboxylic acids is 2. The van der Waals surface area contributed by atoms with Gasteiger partial charge in [-0.1, -0.05) is 6.92 Å². The van der Waals surface area contributed by atoms with Crippen LogP contribution in [0.4, 0.5) is 5.82 Å². The van der Waals surface area contributed by atoms with Crippen LogP contribution in [0.1, 0.15) is 38.3 Å². The summed E-state index contributed by atoms with van der Waals surface area (Å²) in [7, 11) is 0. The van der Waals surface area contributed by atoms with Crippen molar-refractivity contribution >= 4 is 17.6 Å². The first-order chi connectivity index (χ1) is 11.5. The molecule has 0 bridgehead atoms. The van der Waals surface area contributed by atoms with Gasteiger partial charge >= 0.3 is 0 Å². The van der Waals surface area contributed by atoms with Crippen LogP contribution in [0.25, 0.3) is 0 Å². The first-order valence-electron chi connectivity index (χ1n) is 8.12. The zero-order valence-electron chi connectivity index (χ0n) is 13.8. The molecular formula is C16H22N6O2. The Morgan fingerprint density at radius 3 is 2.92 bits per heavy atom. The van der Waals surface area contributed by atoms with E-state index < -0.39 is 0 Å². The maximum Gasteiger partial charge on any atom is 0.230 e. The minimum atomic E-state index is -0.204. The van der Waals surface area contributed by atoms with E-state index in [4.69, 9.17) is 0 Å². The number of H-pyrrole nitrogens is 1. The molecule has 1 fully saturated rings. The van der Waals surface area contributed by atoms with E-state index in [-0.39, 0.29) is 23.8 Å². The molecule has 2 heterocycles. The summed E-state index contributed by atoms with van der Waals surface area (Å²) in [5.74, 6) is 0.644. The molecule has 8 nitrogen and oxygen atoms in total. The second-order valence-corrected chi connectivity index (χ2v) is 6.39. The topological polar surface area (TPSA) is 105 Å². The van der Waals surface area contributed by atoms with Crippen molar-refractivity contribution in [3.63, 3.8) is 0 Å². The van der Waals surface area contributed by atoms with E-state index in [0.29, 0.717) is 18.3 Å². The zero-order chi connectivity index (χ0) is 17.1. The Bertz CT molecular complexity index is 702. The van der Waals surface area contributed by atoms with Crippen LogP contribution in [0.2, 0.25) is 0 Å². The fourth-order valence-electron chi connectivity index (χ4n) is 2.90. The SMILES string of the molecule is CC(=O)NC1CC(c2cc(NC(=O)[C@@H](C)Cn3cccn3)[nH]n2)C1. The number of hydrogen-bond acceptors (Lipinski definition) is 4. The van der Waals surface area contributed by atoms with Gasteiger partial charge in [-0.3, -0.25) is 19.4 Å². The Morgan fingerprint density at radius 1 is 1.46 bits per heavy atom. The summed E-state index contributed by atoms with van der Waals surface area (Å²) in [6.07, 6.45) is 5.29. The Balaban J connectivity index is 1.49. The third kappa shape index (κ3) is 3.81. The largest absolute Gasteiger partial charge is 0.354 e. The Labute approximate surface area is 140 Å². The number of nitrogens with one attached hydrogen (secondary N) is 3. The molecule has 0 unspecified atom stereocenters. The molecule has 2 aromatic heterocycles. The van der Waals surface area contributed by atoms with Crippen molar-refractivity contribution < 1.29 is 9.59 Å². The number of hydrogen-bond donors (Lipinski definition) is 3.